The van der Waals surface area contributed by atoms with Crippen LogP contribution in [0.25, 0.3) is 0 Å². The molecule has 1 aromatic rings. The smallest absolute Gasteiger partial charge is 0.320 e. The third kappa shape index (κ3) is 5.51. The van der Waals surface area contributed by atoms with E-state index >= 15 is 0 Å². The van der Waals surface area contributed by atoms with Gasteiger partial charge in [-0.3, -0.25) is 10.1 Å². The molecule has 20 heavy (non-hydrogen) atoms. The Hall–Kier alpha value is -2.38. The highest BCUT2D eigenvalue weighted by Crippen LogP contribution is 2.12. The van der Waals surface area contributed by atoms with Gasteiger partial charge < -0.3 is 15.2 Å². The van der Waals surface area contributed by atoms with Crippen LogP contribution in [-0.4, -0.2) is 39.7 Å². The molecule has 0 bridgehead atoms. The lowest BCUT2D eigenvalue weighted by atomic mass is 9.99. The molecule has 0 aliphatic carbocycles. The number of carbonyl (C=O) groups is 2. The number of hydrogen-bond donors (Lipinski definition) is 3. The van der Waals surface area contributed by atoms with Crippen LogP contribution in [0.1, 0.15) is 26.7 Å². The number of urea groups is 1. The maximum atomic E-state index is 11.8. The Kier molecular flexibility index (Phi) is 5.24. The summed E-state index contributed by atoms with van der Waals surface area (Å²) in [5, 5.41) is 13.9. The number of rotatable bonds is 6. The van der Waals surface area contributed by atoms with E-state index in [2.05, 4.69) is 20.6 Å². The Morgan fingerprint density at radius 1 is 1.45 bits per heavy atom. The minimum atomic E-state index is -0.902. The zero-order valence-corrected chi connectivity index (χ0v) is 11.6. The number of carbonyl (C=O) groups excluding carboxylic acids is 1. The second-order valence-corrected chi connectivity index (χ2v) is 4.79. The van der Waals surface area contributed by atoms with Gasteiger partial charge in [-0.15, -0.1) is 0 Å². The van der Waals surface area contributed by atoms with Crippen LogP contribution in [0.2, 0.25) is 0 Å². The van der Waals surface area contributed by atoms with E-state index in [1.54, 1.807) is 13.8 Å². The SMILES string of the molecule is COc1nccc(NC(=O)NC(C)(C)CCC(=O)O)n1. The summed E-state index contributed by atoms with van der Waals surface area (Å²) in [6, 6.07) is 1.20. The Bertz CT molecular complexity index is 490. The molecule has 8 nitrogen and oxygen atoms in total. The Balaban J connectivity index is 2.55. The van der Waals surface area contributed by atoms with E-state index < -0.39 is 17.5 Å². The number of carboxylic acids is 1. The number of amides is 2. The fourth-order valence-corrected chi connectivity index (χ4v) is 1.45. The molecule has 1 aromatic heterocycles. The summed E-state index contributed by atoms with van der Waals surface area (Å²) in [5.41, 5.74) is -0.639. The first-order chi connectivity index (χ1) is 9.32. The van der Waals surface area contributed by atoms with Crippen LogP contribution in [-0.2, 0) is 4.79 Å². The lowest BCUT2D eigenvalue weighted by Crippen LogP contribution is -2.45. The number of nitrogens with one attached hydrogen (secondary N) is 2. The van der Waals surface area contributed by atoms with E-state index in [-0.39, 0.29) is 12.4 Å². The molecular formula is C12H18N4O4. The molecule has 0 unspecified atom stereocenters. The van der Waals surface area contributed by atoms with E-state index in [4.69, 9.17) is 9.84 Å². The van der Waals surface area contributed by atoms with Gasteiger partial charge in [0, 0.05) is 18.2 Å². The molecule has 0 fully saturated rings. The van der Waals surface area contributed by atoms with Crippen molar-refractivity contribution in [3.63, 3.8) is 0 Å². The molecule has 110 valence electrons. The van der Waals surface area contributed by atoms with Gasteiger partial charge in [-0.1, -0.05) is 0 Å². The second kappa shape index (κ2) is 6.69. The molecule has 0 spiro atoms. The summed E-state index contributed by atoms with van der Waals surface area (Å²) in [5.74, 6) is -0.607. The topological polar surface area (TPSA) is 113 Å². The average molecular weight is 282 g/mol. The summed E-state index contributed by atoms with van der Waals surface area (Å²) in [4.78, 5) is 30.1. The highest BCUT2D eigenvalue weighted by atomic mass is 16.5. The van der Waals surface area contributed by atoms with Crippen LogP contribution in [0, 0.1) is 0 Å². The molecule has 2 amide bonds. The third-order valence-corrected chi connectivity index (χ3v) is 2.47. The standard InChI is InChI=1S/C12H18N4O4/c1-12(2,6-4-9(17)18)16-10(19)14-8-5-7-13-11(15-8)20-3/h5,7H,4,6H2,1-3H3,(H,17,18)(H2,13,14,15,16,19). The van der Waals surface area contributed by atoms with Gasteiger partial charge in [-0.2, -0.15) is 4.98 Å². The quantitative estimate of drug-likeness (QED) is 0.723. The first-order valence-electron chi connectivity index (χ1n) is 6.00. The molecule has 0 aromatic carbocycles. The van der Waals surface area contributed by atoms with Crippen LogP contribution in [0.4, 0.5) is 10.6 Å². The van der Waals surface area contributed by atoms with Crippen molar-refractivity contribution in [2.24, 2.45) is 0 Å². The average Bonchev–Trinajstić information content (AvgIpc) is 2.36. The van der Waals surface area contributed by atoms with Crippen molar-refractivity contribution >= 4 is 17.8 Å². The molecule has 0 radical (unpaired) electrons. The lowest BCUT2D eigenvalue weighted by Gasteiger charge is -2.25. The number of aromatic nitrogens is 2. The first kappa shape index (κ1) is 15.7. The number of anilines is 1. The summed E-state index contributed by atoms with van der Waals surface area (Å²) in [7, 11) is 1.42. The number of nitrogens with zero attached hydrogens (tertiary/aromatic N) is 2. The van der Waals surface area contributed by atoms with E-state index in [9.17, 15) is 9.59 Å². The van der Waals surface area contributed by atoms with Crippen LogP contribution < -0.4 is 15.4 Å². The molecule has 1 heterocycles. The van der Waals surface area contributed by atoms with Crippen molar-refractivity contribution < 1.29 is 19.4 Å². The Morgan fingerprint density at radius 2 is 2.15 bits per heavy atom. The van der Waals surface area contributed by atoms with Crippen LogP contribution in [0.3, 0.4) is 0 Å². The lowest BCUT2D eigenvalue weighted by molar-refractivity contribution is -0.137. The van der Waals surface area contributed by atoms with Gasteiger partial charge in [0.05, 0.1) is 7.11 Å². The fraction of sp³-hybridized carbons (Fsp3) is 0.500. The summed E-state index contributed by atoms with van der Waals surface area (Å²) in [6.45, 7) is 3.49. The van der Waals surface area contributed by atoms with Crippen molar-refractivity contribution in [1.29, 1.82) is 0 Å². The van der Waals surface area contributed by atoms with Crippen molar-refractivity contribution in [3.05, 3.63) is 12.3 Å². The number of aliphatic carboxylic acids is 1. The van der Waals surface area contributed by atoms with Gasteiger partial charge in [-0.05, 0) is 26.3 Å². The van der Waals surface area contributed by atoms with Gasteiger partial charge in [0.15, 0.2) is 0 Å². The van der Waals surface area contributed by atoms with E-state index in [0.29, 0.717) is 12.2 Å². The van der Waals surface area contributed by atoms with E-state index in [1.165, 1.54) is 19.4 Å². The molecule has 0 saturated carbocycles. The largest absolute Gasteiger partial charge is 0.481 e. The summed E-state index contributed by atoms with van der Waals surface area (Å²) in [6.07, 6.45) is 1.76. The molecule has 0 saturated heterocycles. The molecule has 3 N–H and O–H groups in total. The van der Waals surface area contributed by atoms with E-state index in [0.717, 1.165) is 0 Å². The number of hydrogen-bond acceptors (Lipinski definition) is 5. The predicted octanol–water partition coefficient (Wildman–Crippen LogP) is 1.25. The maximum Gasteiger partial charge on any atom is 0.320 e. The molecular weight excluding hydrogens is 264 g/mol. The van der Waals surface area contributed by atoms with Crippen molar-refractivity contribution in [1.82, 2.24) is 15.3 Å². The normalized spacial score (nSPS) is 10.8. The molecule has 0 aliphatic heterocycles. The second-order valence-electron chi connectivity index (χ2n) is 4.79. The van der Waals surface area contributed by atoms with Gasteiger partial charge in [0.25, 0.3) is 0 Å². The Labute approximate surface area is 116 Å². The van der Waals surface area contributed by atoms with Crippen molar-refractivity contribution in [2.45, 2.75) is 32.2 Å². The highest BCUT2D eigenvalue weighted by Gasteiger charge is 2.21. The predicted molar refractivity (Wildman–Crippen MR) is 71.7 cm³/mol. The van der Waals surface area contributed by atoms with Crippen LogP contribution in [0.5, 0.6) is 6.01 Å². The molecule has 0 aliphatic rings. The van der Waals surface area contributed by atoms with Gasteiger partial charge in [-0.25, -0.2) is 9.78 Å². The van der Waals surface area contributed by atoms with Crippen molar-refractivity contribution in [2.75, 3.05) is 12.4 Å². The minimum Gasteiger partial charge on any atom is -0.481 e. The fourth-order valence-electron chi connectivity index (χ4n) is 1.45. The molecule has 8 heteroatoms. The zero-order chi connectivity index (χ0) is 15.2. The van der Waals surface area contributed by atoms with Gasteiger partial charge >= 0.3 is 18.0 Å². The summed E-state index contributed by atoms with van der Waals surface area (Å²) >= 11 is 0. The number of methoxy groups -OCH3 is 1. The molecule has 0 atom stereocenters. The monoisotopic (exact) mass is 282 g/mol. The third-order valence-electron chi connectivity index (χ3n) is 2.47. The minimum absolute atomic E-state index is 0.0192. The number of carboxylic acid groups (broad SMARTS) is 1. The first-order valence-corrected chi connectivity index (χ1v) is 6.00. The van der Waals surface area contributed by atoms with Gasteiger partial charge in [0.2, 0.25) is 0 Å². The van der Waals surface area contributed by atoms with Gasteiger partial charge in [0.1, 0.15) is 5.82 Å². The Morgan fingerprint density at radius 3 is 2.75 bits per heavy atom. The van der Waals surface area contributed by atoms with Crippen LogP contribution >= 0.6 is 0 Å². The van der Waals surface area contributed by atoms with E-state index in [1.807, 2.05) is 0 Å². The van der Waals surface area contributed by atoms with Crippen LogP contribution in [0.15, 0.2) is 12.3 Å². The summed E-state index contributed by atoms with van der Waals surface area (Å²) < 4.78 is 4.84. The number of ether oxygens (including phenoxy) is 1. The highest BCUT2D eigenvalue weighted by molar-refractivity contribution is 5.88. The molecule has 1 rings (SSSR count). The van der Waals surface area contributed by atoms with Crippen molar-refractivity contribution in [3.8, 4) is 6.01 Å². The maximum absolute atomic E-state index is 11.8. The zero-order valence-electron chi connectivity index (χ0n) is 11.6.